The van der Waals surface area contributed by atoms with Gasteiger partial charge < -0.3 is 10.1 Å². The first-order valence-corrected chi connectivity index (χ1v) is 6.44. The van der Waals surface area contributed by atoms with E-state index in [9.17, 15) is 4.39 Å². The van der Waals surface area contributed by atoms with Crippen LogP contribution in [0.5, 0.6) is 0 Å². The van der Waals surface area contributed by atoms with Crippen molar-refractivity contribution in [1.82, 2.24) is 5.32 Å². The summed E-state index contributed by atoms with van der Waals surface area (Å²) in [4.78, 5) is 0. The number of halogens is 2. The fourth-order valence-corrected chi connectivity index (χ4v) is 2.59. The van der Waals surface area contributed by atoms with E-state index in [0.29, 0.717) is 0 Å². The summed E-state index contributed by atoms with van der Waals surface area (Å²) in [6, 6.07) is 4.96. The van der Waals surface area contributed by atoms with E-state index in [-0.39, 0.29) is 11.9 Å². The van der Waals surface area contributed by atoms with Crippen molar-refractivity contribution in [3.63, 3.8) is 0 Å². The van der Waals surface area contributed by atoms with Gasteiger partial charge in [0.15, 0.2) is 0 Å². The zero-order valence-corrected chi connectivity index (χ0v) is 11.3. The number of rotatable bonds is 3. The molecule has 0 aliphatic carbocycles. The van der Waals surface area contributed by atoms with Crippen molar-refractivity contribution in [3.8, 4) is 0 Å². The monoisotopic (exact) mass is 299 g/mol. The van der Waals surface area contributed by atoms with Crippen LogP contribution in [0.4, 0.5) is 4.39 Å². The molecule has 0 aromatic heterocycles. The van der Waals surface area contributed by atoms with Crippen molar-refractivity contribution in [2.24, 2.45) is 0 Å². The van der Waals surface area contributed by atoms with E-state index < -0.39 is 0 Å². The second-order valence-corrected chi connectivity index (χ2v) is 5.01. The van der Waals surface area contributed by atoms with E-state index in [4.69, 9.17) is 4.74 Å². The second kappa shape index (κ2) is 5.65. The van der Waals surface area contributed by atoms with Gasteiger partial charge in [0.2, 0.25) is 0 Å². The lowest BCUT2D eigenvalue weighted by molar-refractivity contribution is 0.220. The van der Waals surface area contributed by atoms with Gasteiger partial charge in [0.05, 0.1) is 18.9 Å². The normalized spacial score (nSPS) is 17.2. The molecule has 92 valence electrons. The van der Waals surface area contributed by atoms with Gasteiger partial charge in [-0.3, -0.25) is 0 Å². The largest absolute Gasteiger partial charge is 0.501 e. The molecule has 1 N–H and O–H groups in total. The van der Waals surface area contributed by atoms with Gasteiger partial charge in [-0.25, -0.2) is 4.39 Å². The number of nitrogens with one attached hydrogen (secondary N) is 1. The minimum atomic E-state index is -0.230. The maximum absolute atomic E-state index is 13.4. The summed E-state index contributed by atoms with van der Waals surface area (Å²) >= 11 is 3.32. The zero-order chi connectivity index (χ0) is 12.3. The fraction of sp³-hybridized carbons (Fsp3) is 0.385. The van der Waals surface area contributed by atoms with E-state index in [1.807, 2.05) is 13.1 Å². The van der Waals surface area contributed by atoms with Crippen LogP contribution in [0, 0.1) is 5.82 Å². The van der Waals surface area contributed by atoms with Crippen molar-refractivity contribution in [3.05, 3.63) is 45.9 Å². The van der Waals surface area contributed by atoms with Crippen molar-refractivity contribution >= 4 is 15.9 Å². The van der Waals surface area contributed by atoms with E-state index in [2.05, 4.69) is 21.2 Å². The predicted octanol–water partition coefficient (Wildman–Crippen LogP) is 3.54. The van der Waals surface area contributed by atoms with Crippen LogP contribution in [0.15, 0.2) is 34.5 Å². The van der Waals surface area contributed by atoms with Gasteiger partial charge in [-0.15, -0.1) is 0 Å². The summed E-state index contributed by atoms with van der Waals surface area (Å²) < 4.78 is 19.5. The Hall–Kier alpha value is -0.870. The van der Waals surface area contributed by atoms with E-state index in [1.165, 1.54) is 6.07 Å². The topological polar surface area (TPSA) is 21.3 Å². The summed E-state index contributed by atoms with van der Waals surface area (Å²) in [6.45, 7) is 0.771. The van der Waals surface area contributed by atoms with Gasteiger partial charge in [0, 0.05) is 4.47 Å². The number of benzene rings is 1. The third-order valence-corrected chi connectivity index (χ3v) is 3.30. The summed E-state index contributed by atoms with van der Waals surface area (Å²) in [7, 11) is 1.87. The van der Waals surface area contributed by atoms with Crippen LogP contribution in [0.25, 0.3) is 0 Å². The lowest BCUT2D eigenvalue weighted by Gasteiger charge is -2.23. The van der Waals surface area contributed by atoms with Gasteiger partial charge >= 0.3 is 0 Å². The molecule has 1 aliphatic heterocycles. The smallest absolute Gasteiger partial charge is 0.124 e. The van der Waals surface area contributed by atoms with E-state index in [1.54, 1.807) is 12.3 Å². The Bertz CT molecular complexity index is 413. The molecule has 0 amide bonds. The Balaban J connectivity index is 2.31. The average molecular weight is 300 g/mol. The molecular weight excluding hydrogens is 285 g/mol. The molecule has 0 saturated carbocycles. The summed E-state index contributed by atoms with van der Waals surface area (Å²) in [6.07, 6.45) is 3.80. The molecule has 4 heteroatoms. The molecule has 17 heavy (non-hydrogen) atoms. The highest BCUT2D eigenvalue weighted by atomic mass is 79.9. The molecule has 1 heterocycles. The highest BCUT2D eigenvalue weighted by Gasteiger charge is 2.18. The summed E-state index contributed by atoms with van der Waals surface area (Å²) in [5, 5.41) is 3.21. The molecule has 2 rings (SSSR count). The molecule has 1 aromatic carbocycles. The Labute approximate surface area is 109 Å². The summed E-state index contributed by atoms with van der Waals surface area (Å²) in [5.41, 5.74) is 2.08. The highest BCUT2D eigenvalue weighted by Crippen LogP contribution is 2.29. The minimum Gasteiger partial charge on any atom is -0.501 e. The quantitative estimate of drug-likeness (QED) is 0.922. The highest BCUT2D eigenvalue weighted by molar-refractivity contribution is 9.10. The van der Waals surface area contributed by atoms with Crippen LogP contribution in [0.3, 0.4) is 0 Å². The van der Waals surface area contributed by atoms with Crippen molar-refractivity contribution in [2.45, 2.75) is 18.9 Å². The molecule has 1 unspecified atom stereocenters. The van der Waals surface area contributed by atoms with Gasteiger partial charge in [0.25, 0.3) is 0 Å². The van der Waals surface area contributed by atoms with Crippen LogP contribution < -0.4 is 5.32 Å². The lowest BCUT2D eigenvalue weighted by Crippen LogP contribution is -2.21. The number of likely N-dealkylation sites (N-methyl/N-ethyl adjacent to an activating group) is 1. The van der Waals surface area contributed by atoms with E-state index >= 15 is 0 Å². The minimum absolute atomic E-state index is 0.0160. The van der Waals surface area contributed by atoms with Gasteiger partial charge in [-0.05, 0) is 49.2 Å². The standard InChI is InChI=1S/C13H15BrFNO/c1-16-13(9-3-2-4-17-8-9)10-5-11(14)7-12(15)6-10/h5-8,13,16H,2-4H2,1H3. The lowest BCUT2D eigenvalue weighted by atomic mass is 9.95. The summed E-state index contributed by atoms with van der Waals surface area (Å²) in [5.74, 6) is -0.230. The first-order chi connectivity index (χ1) is 8.20. The first-order valence-electron chi connectivity index (χ1n) is 5.64. The average Bonchev–Trinajstić information content (AvgIpc) is 2.30. The fourth-order valence-electron chi connectivity index (χ4n) is 2.10. The Morgan fingerprint density at radius 3 is 2.82 bits per heavy atom. The van der Waals surface area contributed by atoms with Crippen LogP contribution in [-0.4, -0.2) is 13.7 Å². The number of ether oxygens (including phenoxy) is 1. The van der Waals surface area contributed by atoms with Crippen molar-refractivity contribution < 1.29 is 9.13 Å². The Morgan fingerprint density at radius 2 is 2.24 bits per heavy atom. The maximum Gasteiger partial charge on any atom is 0.124 e. The first kappa shape index (κ1) is 12.6. The predicted molar refractivity (Wildman–Crippen MR) is 69.2 cm³/mol. The maximum atomic E-state index is 13.4. The number of hydrogen-bond acceptors (Lipinski definition) is 2. The van der Waals surface area contributed by atoms with Gasteiger partial charge in [0.1, 0.15) is 5.82 Å². The molecule has 0 radical (unpaired) electrons. The van der Waals surface area contributed by atoms with Gasteiger partial charge in [-0.2, -0.15) is 0 Å². The number of hydrogen-bond donors (Lipinski definition) is 1. The molecule has 0 bridgehead atoms. The third-order valence-electron chi connectivity index (χ3n) is 2.84. The molecule has 1 atom stereocenters. The Morgan fingerprint density at radius 1 is 1.41 bits per heavy atom. The van der Waals surface area contributed by atoms with Crippen LogP contribution in [-0.2, 0) is 4.74 Å². The van der Waals surface area contributed by atoms with Crippen LogP contribution in [0.2, 0.25) is 0 Å². The van der Waals surface area contributed by atoms with Crippen molar-refractivity contribution in [1.29, 1.82) is 0 Å². The van der Waals surface area contributed by atoms with E-state index in [0.717, 1.165) is 35.1 Å². The third kappa shape index (κ3) is 3.07. The molecule has 2 nitrogen and oxygen atoms in total. The van der Waals surface area contributed by atoms with Crippen LogP contribution in [0.1, 0.15) is 24.4 Å². The molecule has 0 fully saturated rings. The molecule has 1 aliphatic rings. The zero-order valence-electron chi connectivity index (χ0n) is 9.67. The van der Waals surface area contributed by atoms with Crippen molar-refractivity contribution in [2.75, 3.05) is 13.7 Å². The SMILES string of the molecule is CNC(C1=COCCC1)c1cc(F)cc(Br)c1. The van der Waals surface area contributed by atoms with Gasteiger partial charge in [-0.1, -0.05) is 15.9 Å². The Kier molecular flexibility index (Phi) is 4.18. The molecule has 0 saturated heterocycles. The van der Waals surface area contributed by atoms with Crippen LogP contribution >= 0.6 is 15.9 Å². The molecule has 0 spiro atoms. The molecule has 1 aromatic rings. The molecular formula is C13H15BrFNO. The second-order valence-electron chi connectivity index (χ2n) is 4.09.